The molecular formula is C23H22F6N4O3. The number of nitrogens with zero attached hydrogens (tertiary/aromatic N) is 3. The molecule has 1 aromatic heterocycles. The van der Waals surface area contributed by atoms with Crippen LogP contribution < -0.4 is 15.7 Å². The summed E-state index contributed by atoms with van der Waals surface area (Å²) in [6.07, 6.45) is -6.73. The molecule has 0 aliphatic carbocycles. The molecule has 0 aliphatic heterocycles. The van der Waals surface area contributed by atoms with Gasteiger partial charge in [0.15, 0.2) is 6.10 Å². The Morgan fingerprint density at radius 1 is 1.11 bits per heavy atom. The van der Waals surface area contributed by atoms with Gasteiger partial charge in [-0.25, -0.2) is 18.0 Å². The quantitative estimate of drug-likeness (QED) is 0.444. The summed E-state index contributed by atoms with van der Waals surface area (Å²) in [5, 5.41) is 5.97. The van der Waals surface area contributed by atoms with E-state index < -0.39 is 64.0 Å². The summed E-state index contributed by atoms with van der Waals surface area (Å²) in [6.45, 7) is 4.26. The molecule has 7 nitrogen and oxygen atoms in total. The lowest BCUT2D eigenvalue weighted by molar-refractivity contribution is -0.189. The number of carbonyl (C=O) groups is 1. The van der Waals surface area contributed by atoms with E-state index in [9.17, 15) is 31.5 Å². The third kappa shape index (κ3) is 5.24. The van der Waals surface area contributed by atoms with Gasteiger partial charge in [0.05, 0.1) is 5.56 Å². The lowest BCUT2D eigenvalue weighted by Gasteiger charge is -2.20. The number of alkyl halides is 3. The average Bonchev–Trinajstić information content (AvgIpc) is 3.10. The van der Waals surface area contributed by atoms with Gasteiger partial charge in [0, 0.05) is 19.0 Å². The Morgan fingerprint density at radius 3 is 2.28 bits per heavy atom. The zero-order valence-electron chi connectivity index (χ0n) is 19.6. The van der Waals surface area contributed by atoms with E-state index in [-0.39, 0.29) is 5.92 Å². The molecule has 3 rings (SSSR count). The second-order valence-electron chi connectivity index (χ2n) is 8.07. The van der Waals surface area contributed by atoms with Crippen LogP contribution in [0.1, 0.15) is 49.3 Å². The highest BCUT2D eigenvalue weighted by Crippen LogP contribution is 2.31. The van der Waals surface area contributed by atoms with E-state index in [1.165, 1.54) is 7.05 Å². The molecule has 1 N–H and O–H groups in total. The van der Waals surface area contributed by atoms with Gasteiger partial charge in [-0.05, 0) is 31.5 Å². The van der Waals surface area contributed by atoms with Gasteiger partial charge >= 0.3 is 11.9 Å². The predicted octanol–water partition coefficient (Wildman–Crippen LogP) is 5.08. The summed E-state index contributed by atoms with van der Waals surface area (Å²) in [5.41, 5.74) is -3.05. The number of aromatic nitrogens is 3. The van der Waals surface area contributed by atoms with Crippen LogP contribution in [0.2, 0.25) is 0 Å². The second-order valence-corrected chi connectivity index (χ2v) is 8.07. The molecule has 0 fully saturated rings. The van der Waals surface area contributed by atoms with Crippen molar-refractivity contribution in [2.24, 2.45) is 7.05 Å². The van der Waals surface area contributed by atoms with Gasteiger partial charge in [-0.3, -0.25) is 9.36 Å². The van der Waals surface area contributed by atoms with Crippen LogP contribution >= 0.6 is 0 Å². The summed E-state index contributed by atoms with van der Waals surface area (Å²) in [5.74, 6) is -5.57. The van der Waals surface area contributed by atoms with E-state index in [0.29, 0.717) is 36.0 Å². The minimum absolute atomic E-state index is 0.200. The van der Waals surface area contributed by atoms with E-state index in [1.54, 1.807) is 6.92 Å². The van der Waals surface area contributed by atoms with Crippen LogP contribution in [0.3, 0.4) is 0 Å². The molecule has 2 aromatic carbocycles. The van der Waals surface area contributed by atoms with Gasteiger partial charge in [-0.1, -0.05) is 19.9 Å². The van der Waals surface area contributed by atoms with Gasteiger partial charge in [-0.15, -0.1) is 5.10 Å². The first kappa shape index (κ1) is 26.8. The topological polar surface area (TPSA) is 78.2 Å². The predicted molar refractivity (Wildman–Crippen MR) is 118 cm³/mol. The van der Waals surface area contributed by atoms with Crippen molar-refractivity contribution < 1.29 is 35.9 Å². The summed E-state index contributed by atoms with van der Waals surface area (Å²) < 4.78 is 89.4. The molecule has 194 valence electrons. The number of amides is 1. The molecule has 1 heterocycles. The van der Waals surface area contributed by atoms with Crippen molar-refractivity contribution in [3.63, 3.8) is 0 Å². The maximum absolute atomic E-state index is 15.1. The molecule has 0 saturated heterocycles. The van der Waals surface area contributed by atoms with E-state index in [0.717, 1.165) is 22.8 Å². The van der Waals surface area contributed by atoms with E-state index in [2.05, 4.69) is 5.10 Å². The molecule has 3 aromatic rings. The Hall–Kier alpha value is -3.77. The van der Waals surface area contributed by atoms with Crippen LogP contribution in [0.4, 0.5) is 32.0 Å². The minimum Gasteiger partial charge on any atom is -0.480 e. The number of anilines is 1. The van der Waals surface area contributed by atoms with Crippen molar-refractivity contribution in [1.29, 1.82) is 0 Å². The number of hydrogen-bond donors (Lipinski definition) is 1. The van der Waals surface area contributed by atoms with Gasteiger partial charge in [0.2, 0.25) is 0 Å². The van der Waals surface area contributed by atoms with Gasteiger partial charge < -0.3 is 10.1 Å². The zero-order valence-corrected chi connectivity index (χ0v) is 19.6. The first-order valence-electron chi connectivity index (χ1n) is 10.7. The Kier molecular flexibility index (Phi) is 7.51. The number of nitrogens with one attached hydrogen (secondary N) is 1. The lowest BCUT2D eigenvalue weighted by Crippen LogP contribution is -2.32. The Bertz CT molecular complexity index is 1330. The molecule has 13 heteroatoms. The molecule has 0 spiro atoms. The average molecular weight is 516 g/mol. The number of benzene rings is 2. The number of rotatable bonds is 7. The standard InChI is InChI=1S/C23H22F6N4O3/c1-5-11(2)20-31-33(22(35)32(20)4)17-10-18(36-12(3)23(27,28)29)13(9-16(17)26)21(34)30-19-14(24)7-6-8-15(19)25/h6-12H,5H2,1-4H3,(H,30,34)/t11?,12-/m0/s1. The number of para-hydroxylation sites is 1. The fourth-order valence-corrected chi connectivity index (χ4v) is 3.26. The molecule has 1 unspecified atom stereocenters. The Balaban J connectivity index is 2.16. The second kappa shape index (κ2) is 10.1. The van der Waals surface area contributed by atoms with Crippen molar-refractivity contribution in [3.05, 3.63) is 69.7 Å². The molecule has 0 saturated carbocycles. The normalized spacial score (nSPS) is 13.4. The van der Waals surface area contributed by atoms with E-state index in [1.807, 2.05) is 12.2 Å². The summed E-state index contributed by atoms with van der Waals surface area (Å²) in [7, 11) is 1.40. The van der Waals surface area contributed by atoms with Crippen LogP contribution in [-0.2, 0) is 7.05 Å². The molecule has 1 amide bonds. The zero-order chi connectivity index (χ0) is 26.9. The Labute approximate surface area is 201 Å². The highest BCUT2D eigenvalue weighted by atomic mass is 19.4. The van der Waals surface area contributed by atoms with Crippen LogP contribution in [-0.4, -0.2) is 32.5 Å². The first-order valence-corrected chi connectivity index (χ1v) is 10.7. The van der Waals surface area contributed by atoms with Crippen LogP contribution in [0, 0.1) is 17.5 Å². The summed E-state index contributed by atoms with van der Waals surface area (Å²) >= 11 is 0. The fraction of sp³-hybridized carbons (Fsp3) is 0.348. The molecule has 2 atom stereocenters. The number of carbonyl (C=O) groups excluding carboxylic acids is 1. The monoisotopic (exact) mass is 516 g/mol. The largest absolute Gasteiger partial charge is 0.480 e. The molecule has 36 heavy (non-hydrogen) atoms. The van der Waals surface area contributed by atoms with Gasteiger partial charge in [0.1, 0.15) is 40.4 Å². The number of ether oxygens (including phenoxy) is 1. The summed E-state index contributed by atoms with van der Waals surface area (Å²) in [4.78, 5) is 25.5. The van der Waals surface area contributed by atoms with E-state index >= 15 is 4.39 Å². The SMILES string of the molecule is CCC(C)c1nn(-c2cc(O[C@@H](C)C(F)(F)F)c(C(=O)Nc3c(F)cccc3F)cc2F)c(=O)n1C. The van der Waals surface area contributed by atoms with Crippen molar-refractivity contribution in [2.45, 2.75) is 45.4 Å². The van der Waals surface area contributed by atoms with Crippen molar-refractivity contribution in [1.82, 2.24) is 14.3 Å². The lowest BCUT2D eigenvalue weighted by atomic mass is 10.1. The fourth-order valence-electron chi connectivity index (χ4n) is 3.26. The maximum Gasteiger partial charge on any atom is 0.425 e. The van der Waals surface area contributed by atoms with Crippen molar-refractivity contribution in [3.8, 4) is 11.4 Å². The van der Waals surface area contributed by atoms with Gasteiger partial charge in [-0.2, -0.15) is 17.9 Å². The molecule has 0 bridgehead atoms. The number of halogens is 6. The highest BCUT2D eigenvalue weighted by molar-refractivity contribution is 6.06. The minimum atomic E-state index is -4.87. The van der Waals surface area contributed by atoms with E-state index in [4.69, 9.17) is 4.74 Å². The number of hydrogen-bond acceptors (Lipinski definition) is 4. The third-order valence-electron chi connectivity index (χ3n) is 5.56. The van der Waals surface area contributed by atoms with Crippen molar-refractivity contribution in [2.75, 3.05) is 5.32 Å². The highest BCUT2D eigenvalue weighted by Gasteiger charge is 2.39. The Morgan fingerprint density at radius 2 is 1.72 bits per heavy atom. The van der Waals surface area contributed by atoms with Crippen LogP contribution in [0.15, 0.2) is 35.1 Å². The van der Waals surface area contributed by atoms with Crippen molar-refractivity contribution >= 4 is 11.6 Å². The molecule has 0 aliphatic rings. The summed E-state index contributed by atoms with van der Waals surface area (Å²) in [6, 6.07) is 3.93. The molecule has 0 radical (unpaired) electrons. The third-order valence-corrected chi connectivity index (χ3v) is 5.56. The smallest absolute Gasteiger partial charge is 0.425 e. The van der Waals surface area contributed by atoms with Crippen LogP contribution in [0.25, 0.3) is 5.69 Å². The first-order chi connectivity index (χ1) is 16.8. The van der Waals surface area contributed by atoms with Gasteiger partial charge in [0.25, 0.3) is 5.91 Å². The van der Waals surface area contributed by atoms with Crippen LogP contribution in [0.5, 0.6) is 5.75 Å². The molecular weight excluding hydrogens is 494 g/mol. The maximum atomic E-state index is 15.1.